The number of carboxylic acid groups (broad SMARTS) is 1. The van der Waals surface area contributed by atoms with Crippen LogP contribution in [0.5, 0.6) is 0 Å². The summed E-state index contributed by atoms with van der Waals surface area (Å²) < 4.78 is 6.06. The van der Waals surface area contributed by atoms with E-state index in [0.29, 0.717) is 6.42 Å². The predicted molar refractivity (Wildman–Crippen MR) is 246 cm³/mol. The molecule has 330 valence electrons. The summed E-state index contributed by atoms with van der Waals surface area (Å²) in [5.41, 5.74) is 0. The van der Waals surface area contributed by atoms with E-state index in [0.717, 1.165) is 70.6 Å². The van der Waals surface area contributed by atoms with Gasteiger partial charge in [0.15, 0.2) is 0 Å². The van der Waals surface area contributed by atoms with E-state index >= 15 is 0 Å². The molecule has 0 radical (unpaired) electrons. The molecule has 0 aliphatic heterocycles. The Kier molecular flexibility index (Phi) is 46.4. The molecule has 0 fully saturated rings. The van der Waals surface area contributed by atoms with Gasteiger partial charge in [-0.05, 0) is 70.6 Å². The average Bonchev–Trinajstić information content (AvgIpc) is 3.19. The zero-order valence-corrected chi connectivity index (χ0v) is 38.0. The van der Waals surface area contributed by atoms with Crippen molar-refractivity contribution in [3.8, 4) is 0 Å². The molecule has 1 N–H and O–H groups in total. The van der Waals surface area contributed by atoms with Gasteiger partial charge in [-0.1, -0.05) is 231 Å². The van der Waals surface area contributed by atoms with Crippen molar-refractivity contribution in [1.82, 2.24) is 0 Å². The van der Waals surface area contributed by atoms with Crippen LogP contribution in [-0.4, -0.2) is 23.1 Å². The maximum Gasteiger partial charge on any atom is 0.306 e. The predicted octanol–water partition coefficient (Wildman–Crippen LogP) is 17.9. The van der Waals surface area contributed by atoms with Gasteiger partial charge in [-0.15, -0.1) is 0 Å². The van der Waals surface area contributed by atoms with Crippen LogP contribution in [-0.2, 0) is 14.3 Å². The zero-order valence-electron chi connectivity index (χ0n) is 38.0. The van der Waals surface area contributed by atoms with E-state index in [9.17, 15) is 9.59 Å². The summed E-state index contributed by atoms with van der Waals surface area (Å²) in [5.74, 6) is -0.688. The molecule has 0 aliphatic carbocycles. The van der Waals surface area contributed by atoms with Crippen molar-refractivity contribution in [3.05, 3.63) is 24.3 Å². The fourth-order valence-electron chi connectivity index (χ4n) is 7.92. The second kappa shape index (κ2) is 47.8. The molecule has 0 spiro atoms. The molecule has 0 bridgehead atoms. The van der Waals surface area contributed by atoms with Crippen LogP contribution in [0.1, 0.15) is 290 Å². The Morgan fingerprint density at radius 3 is 1.05 bits per heavy atom. The number of allylic oxidation sites excluding steroid dienone is 4. The smallest absolute Gasteiger partial charge is 0.306 e. The summed E-state index contributed by atoms with van der Waals surface area (Å²) in [6.45, 7) is 4.57. The average molecular weight is 787 g/mol. The highest BCUT2D eigenvalue weighted by atomic mass is 16.5. The number of esters is 1. The number of rotatable bonds is 47. The van der Waals surface area contributed by atoms with Gasteiger partial charge in [0, 0.05) is 12.8 Å². The first kappa shape index (κ1) is 54.4. The highest BCUT2D eigenvalue weighted by Gasteiger charge is 2.14. The minimum atomic E-state index is -0.696. The molecule has 1 atom stereocenters. The van der Waals surface area contributed by atoms with Crippen LogP contribution in [0.4, 0.5) is 0 Å². The van der Waals surface area contributed by atoms with Crippen molar-refractivity contribution in [1.29, 1.82) is 0 Å². The van der Waals surface area contributed by atoms with Crippen molar-refractivity contribution >= 4 is 11.9 Å². The van der Waals surface area contributed by atoms with Crippen LogP contribution >= 0.6 is 0 Å². The van der Waals surface area contributed by atoms with Crippen molar-refractivity contribution in [2.45, 2.75) is 296 Å². The van der Waals surface area contributed by atoms with Crippen molar-refractivity contribution in [2.75, 3.05) is 0 Å². The first-order chi connectivity index (χ1) is 27.6. The molecule has 56 heavy (non-hydrogen) atoms. The lowest BCUT2D eigenvalue weighted by Crippen LogP contribution is -2.18. The first-order valence-corrected chi connectivity index (χ1v) is 25.3. The third-order valence-electron chi connectivity index (χ3n) is 11.7. The maximum atomic E-state index is 12.8. The summed E-state index contributed by atoms with van der Waals surface area (Å²) in [4.78, 5) is 23.6. The quantitative estimate of drug-likeness (QED) is 0.0379. The Bertz CT molecular complexity index is 848. The van der Waals surface area contributed by atoms with Gasteiger partial charge >= 0.3 is 11.9 Å². The summed E-state index contributed by atoms with van der Waals surface area (Å²) in [7, 11) is 0. The van der Waals surface area contributed by atoms with Crippen LogP contribution in [0.25, 0.3) is 0 Å². The van der Waals surface area contributed by atoms with Crippen LogP contribution in [0.3, 0.4) is 0 Å². The molecule has 0 saturated carbocycles. The van der Waals surface area contributed by atoms with E-state index in [1.54, 1.807) is 0 Å². The van der Waals surface area contributed by atoms with Gasteiger partial charge in [0.1, 0.15) is 6.10 Å². The third kappa shape index (κ3) is 46.8. The summed E-state index contributed by atoms with van der Waals surface area (Å²) >= 11 is 0. The van der Waals surface area contributed by atoms with E-state index in [1.807, 2.05) is 0 Å². The molecule has 0 aliphatic rings. The van der Waals surface area contributed by atoms with Gasteiger partial charge in [-0.3, -0.25) is 9.59 Å². The van der Waals surface area contributed by atoms with Crippen LogP contribution in [0.2, 0.25) is 0 Å². The minimum Gasteiger partial charge on any atom is -0.481 e. The molecule has 4 nitrogen and oxygen atoms in total. The highest BCUT2D eigenvalue weighted by molar-refractivity contribution is 5.69. The van der Waals surface area contributed by atoms with E-state index < -0.39 is 5.97 Å². The Hall–Kier alpha value is -1.58. The fraction of sp³-hybridized carbons (Fsp3) is 0.885. The largest absolute Gasteiger partial charge is 0.481 e. The number of carboxylic acids is 1. The van der Waals surface area contributed by atoms with Crippen LogP contribution < -0.4 is 0 Å². The fourth-order valence-corrected chi connectivity index (χ4v) is 7.92. The molecule has 4 heteroatoms. The number of ether oxygens (including phenoxy) is 1. The molecule has 0 heterocycles. The molecule has 0 amide bonds. The van der Waals surface area contributed by atoms with Crippen LogP contribution in [0, 0.1) is 0 Å². The first-order valence-electron chi connectivity index (χ1n) is 25.3. The molecular weight excluding hydrogens is 689 g/mol. The lowest BCUT2D eigenvalue weighted by Gasteiger charge is -2.18. The van der Waals surface area contributed by atoms with Crippen LogP contribution in [0.15, 0.2) is 24.3 Å². The summed E-state index contributed by atoms with van der Waals surface area (Å²) in [5, 5.41) is 8.87. The molecule has 0 rings (SSSR count). The second-order valence-corrected chi connectivity index (χ2v) is 17.4. The SMILES string of the molecule is CCCCCCC/C=C\C/C=C\CCCCCCCCCCCCCC(=O)OC(CCCCCCCCCCCCCCCCC)CCCCCCCC(=O)O. The minimum absolute atomic E-state index is 0.00763. The maximum absolute atomic E-state index is 12.8. The normalized spacial score (nSPS) is 12.3. The second-order valence-electron chi connectivity index (χ2n) is 17.4. The van der Waals surface area contributed by atoms with Crippen molar-refractivity contribution in [2.24, 2.45) is 0 Å². The summed E-state index contributed by atoms with van der Waals surface area (Å²) in [6.07, 6.45) is 62.3. The number of hydrogen-bond acceptors (Lipinski definition) is 3. The van der Waals surface area contributed by atoms with Gasteiger partial charge in [0.05, 0.1) is 0 Å². The molecule has 0 aromatic rings. The number of aliphatic carboxylic acids is 1. The van der Waals surface area contributed by atoms with Crippen molar-refractivity contribution in [3.63, 3.8) is 0 Å². The Morgan fingerprint density at radius 2 is 0.696 bits per heavy atom. The topological polar surface area (TPSA) is 63.6 Å². The monoisotopic (exact) mass is 787 g/mol. The Labute approximate surface area is 350 Å². The molecule has 1 unspecified atom stereocenters. The Balaban J connectivity index is 3.90. The highest BCUT2D eigenvalue weighted by Crippen LogP contribution is 2.20. The van der Waals surface area contributed by atoms with Gasteiger partial charge in [0.2, 0.25) is 0 Å². The zero-order chi connectivity index (χ0) is 40.7. The number of unbranched alkanes of at least 4 members (excludes halogenated alkanes) is 34. The van der Waals surface area contributed by atoms with E-state index in [-0.39, 0.29) is 18.5 Å². The molecule has 0 aromatic carbocycles. The van der Waals surface area contributed by atoms with Gasteiger partial charge in [0.25, 0.3) is 0 Å². The number of carbonyl (C=O) groups is 2. The van der Waals surface area contributed by atoms with Gasteiger partial charge in [-0.2, -0.15) is 0 Å². The standard InChI is InChI=1S/C52H98O4/c1-3-5-7-9-11-13-15-17-19-20-21-22-23-24-25-26-28-30-32-34-36-41-45-49-52(55)56-50(47-43-39-37-40-44-48-51(53)54)46-42-38-35-33-31-29-27-18-16-14-12-10-8-6-4-2/h15,17,20-21,50H,3-14,16,18-19,22-49H2,1-2H3,(H,53,54)/b17-15-,21-20-. The lowest BCUT2D eigenvalue weighted by molar-refractivity contribution is -0.150. The van der Waals surface area contributed by atoms with Gasteiger partial charge < -0.3 is 9.84 Å². The Morgan fingerprint density at radius 1 is 0.393 bits per heavy atom. The van der Waals surface area contributed by atoms with E-state index in [2.05, 4.69) is 38.2 Å². The third-order valence-corrected chi connectivity index (χ3v) is 11.7. The summed E-state index contributed by atoms with van der Waals surface area (Å²) in [6, 6.07) is 0. The molecule has 0 aromatic heterocycles. The lowest BCUT2D eigenvalue weighted by atomic mass is 10.0. The number of carbonyl (C=O) groups excluding carboxylic acids is 1. The van der Waals surface area contributed by atoms with Gasteiger partial charge in [-0.25, -0.2) is 0 Å². The van der Waals surface area contributed by atoms with E-state index in [4.69, 9.17) is 9.84 Å². The molecule has 0 saturated heterocycles. The number of hydrogen-bond donors (Lipinski definition) is 1. The van der Waals surface area contributed by atoms with E-state index in [1.165, 1.54) is 193 Å². The van der Waals surface area contributed by atoms with Crippen molar-refractivity contribution < 1.29 is 19.4 Å². The molecular formula is C52H98O4.